The first kappa shape index (κ1) is 10.8. The van der Waals surface area contributed by atoms with Gasteiger partial charge in [0.2, 0.25) is 0 Å². The topological polar surface area (TPSA) is 26.3 Å². The van der Waals surface area contributed by atoms with E-state index in [1.165, 1.54) is 0 Å². The molecule has 2 nitrogen and oxygen atoms in total. The molecular formula is C12H16O2. The smallest absolute Gasteiger partial charge is 0.134 e. The highest BCUT2D eigenvalue weighted by atomic mass is 16.5. The maximum absolute atomic E-state index is 11.0. The first-order valence-corrected chi connectivity index (χ1v) is 4.85. The predicted molar refractivity (Wildman–Crippen MR) is 56.7 cm³/mol. The SMILES string of the molecule is CCOc1ccc(C)c(CC(C)=O)c1. The molecule has 1 rings (SSSR count). The molecule has 0 aliphatic rings. The summed E-state index contributed by atoms with van der Waals surface area (Å²) in [5.74, 6) is 1.02. The van der Waals surface area contributed by atoms with E-state index in [9.17, 15) is 4.79 Å². The van der Waals surface area contributed by atoms with Crippen molar-refractivity contribution < 1.29 is 9.53 Å². The number of Topliss-reactive ketones (excluding diaryl/α,β-unsaturated/α-hetero) is 1. The Kier molecular flexibility index (Phi) is 3.69. The van der Waals surface area contributed by atoms with Gasteiger partial charge in [-0.2, -0.15) is 0 Å². The minimum absolute atomic E-state index is 0.182. The molecule has 0 unspecified atom stereocenters. The molecule has 1 aromatic carbocycles. The number of rotatable bonds is 4. The second kappa shape index (κ2) is 4.80. The van der Waals surface area contributed by atoms with Crippen LogP contribution < -0.4 is 4.74 Å². The second-order valence-corrected chi connectivity index (χ2v) is 3.40. The Morgan fingerprint density at radius 2 is 2.14 bits per heavy atom. The van der Waals surface area contributed by atoms with Gasteiger partial charge in [-0.3, -0.25) is 4.79 Å². The lowest BCUT2D eigenvalue weighted by atomic mass is 10.0. The zero-order valence-electron chi connectivity index (χ0n) is 8.96. The van der Waals surface area contributed by atoms with Crippen LogP contribution in [-0.4, -0.2) is 12.4 Å². The van der Waals surface area contributed by atoms with E-state index in [2.05, 4.69) is 0 Å². The van der Waals surface area contributed by atoms with Gasteiger partial charge in [0.25, 0.3) is 0 Å². The standard InChI is InChI=1S/C12H16O2/c1-4-14-12-6-5-9(2)11(8-12)7-10(3)13/h5-6,8H,4,7H2,1-3H3. The van der Waals surface area contributed by atoms with Crippen molar-refractivity contribution in [3.05, 3.63) is 29.3 Å². The van der Waals surface area contributed by atoms with Crippen LogP contribution in [0.25, 0.3) is 0 Å². The summed E-state index contributed by atoms with van der Waals surface area (Å²) in [6, 6.07) is 5.87. The summed E-state index contributed by atoms with van der Waals surface area (Å²) in [6.45, 7) is 6.22. The molecule has 0 radical (unpaired) electrons. The van der Waals surface area contributed by atoms with Crippen LogP contribution in [0, 0.1) is 6.92 Å². The van der Waals surface area contributed by atoms with E-state index < -0.39 is 0 Å². The molecule has 0 saturated carbocycles. The maximum atomic E-state index is 11.0. The lowest BCUT2D eigenvalue weighted by molar-refractivity contribution is -0.116. The summed E-state index contributed by atoms with van der Waals surface area (Å²) in [6.07, 6.45) is 0.493. The lowest BCUT2D eigenvalue weighted by Gasteiger charge is -2.07. The summed E-state index contributed by atoms with van der Waals surface area (Å²) in [7, 11) is 0. The van der Waals surface area contributed by atoms with Gasteiger partial charge in [0.05, 0.1) is 6.61 Å². The van der Waals surface area contributed by atoms with E-state index >= 15 is 0 Å². The summed E-state index contributed by atoms with van der Waals surface area (Å²) < 4.78 is 5.37. The number of carbonyl (C=O) groups excluding carboxylic acids is 1. The van der Waals surface area contributed by atoms with Crippen molar-refractivity contribution in [1.29, 1.82) is 0 Å². The van der Waals surface area contributed by atoms with Crippen molar-refractivity contribution in [2.45, 2.75) is 27.2 Å². The molecule has 0 bridgehead atoms. The van der Waals surface area contributed by atoms with Gasteiger partial charge in [-0.25, -0.2) is 0 Å². The minimum atomic E-state index is 0.182. The summed E-state index contributed by atoms with van der Waals surface area (Å²) >= 11 is 0. The molecule has 0 aliphatic heterocycles. The Bertz CT molecular complexity index is 329. The van der Waals surface area contributed by atoms with E-state index in [-0.39, 0.29) is 5.78 Å². The van der Waals surface area contributed by atoms with E-state index in [0.29, 0.717) is 13.0 Å². The number of aryl methyl sites for hydroxylation is 1. The molecule has 0 aromatic heterocycles. The number of carbonyl (C=O) groups is 1. The third kappa shape index (κ3) is 2.87. The van der Waals surface area contributed by atoms with Crippen LogP contribution >= 0.6 is 0 Å². The van der Waals surface area contributed by atoms with Crippen LogP contribution in [0.15, 0.2) is 18.2 Å². The Morgan fingerprint density at radius 3 is 2.71 bits per heavy atom. The highest BCUT2D eigenvalue weighted by Crippen LogP contribution is 2.18. The average molecular weight is 192 g/mol. The quantitative estimate of drug-likeness (QED) is 0.732. The van der Waals surface area contributed by atoms with Crippen molar-refractivity contribution in [3.63, 3.8) is 0 Å². The maximum Gasteiger partial charge on any atom is 0.134 e. The van der Waals surface area contributed by atoms with Crippen molar-refractivity contribution in [2.75, 3.05) is 6.61 Å². The number of ether oxygens (including phenoxy) is 1. The van der Waals surface area contributed by atoms with Crippen molar-refractivity contribution >= 4 is 5.78 Å². The van der Waals surface area contributed by atoms with Gasteiger partial charge in [0.1, 0.15) is 11.5 Å². The lowest BCUT2D eigenvalue weighted by Crippen LogP contribution is -2.00. The predicted octanol–water partition coefficient (Wildman–Crippen LogP) is 2.53. The molecule has 0 heterocycles. The minimum Gasteiger partial charge on any atom is -0.494 e. The van der Waals surface area contributed by atoms with Crippen molar-refractivity contribution in [3.8, 4) is 5.75 Å². The zero-order valence-corrected chi connectivity index (χ0v) is 8.96. The first-order chi connectivity index (χ1) is 6.63. The first-order valence-electron chi connectivity index (χ1n) is 4.85. The van der Waals surface area contributed by atoms with Gasteiger partial charge < -0.3 is 4.74 Å². The molecule has 0 aliphatic carbocycles. The van der Waals surface area contributed by atoms with Crippen LogP contribution in [0.2, 0.25) is 0 Å². The third-order valence-electron chi connectivity index (χ3n) is 2.07. The molecular weight excluding hydrogens is 176 g/mol. The molecule has 0 fully saturated rings. The molecule has 76 valence electrons. The van der Waals surface area contributed by atoms with Gasteiger partial charge in [-0.05, 0) is 44.0 Å². The van der Waals surface area contributed by atoms with E-state index in [1.807, 2.05) is 32.0 Å². The summed E-state index contributed by atoms with van der Waals surface area (Å²) in [4.78, 5) is 11.0. The monoisotopic (exact) mass is 192 g/mol. The van der Waals surface area contributed by atoms with E-state index in [1.54, 1.807) is 6.92 Å². The molecule has 2 heteroatoms. The van der Waals surface area contributed by atoms with Gasteiger partial charge >= 0.3 is 0 Å². The van der Waals surface area contributed by atoms with Gasteiger partial charge in [-0.15, -0.1) is 0 Å². The van der Waals surface area contributed by atoms with E-state index in [4.69, 9.17) is 4.74 Å². The van der Waals surface area contributed by atoms with Crippen LogP contribution in [0.1, 0.15) is 25.0 Å². The largest absolute Gasteiger partial charge is 0.494 e. The molecule has 0 spiro atoms. The fourth-order valence-electron chi connectivity index (χ4n) is 1.36. The van der Waals surface area contributed by atoms with Gasteiger partial charge in [-0.1, -0.05) is 6.07 Å². The van der Waals surface area contributed by atoms with Crippen LogP contribution in [0.3, 0.4) is 0 Å². The van der Waals surface area contributed by atoms with Crippen LogP contribution in [0.5, 0.6) is 5.75 Å². The summed E-state index contributed by atoms with van der Waals surface area (Å²) in [5, 5.41) is 0. The number of hydrogen-bond acceptors (Lipinski definition) is 2. The number of hydrogen-bond donors (Lipinski definition) is 0. The molecule has 0 N–H and O–H groups in total. The highest BCUT2D eigenvalue weighted by Gasteiger charge is 2.03. The molecule has 1 aromatic rings. The van der Waals surface area contributed by atoms with Crippen LogP contribution in [-0.2, 0) is 11.2 Å². The van der Waals surface area contributed by atoms with Gasteiger partial charge in [0.15, 0.2) is 0 Å². The molecule has 14 heavy (non-hydrogen) atoms. The highest BCUT2D eigenvalue weighted by molar-refractivity contribution is 5.78. The van der Waals surface area contributed by atoms with Gasteiger partial charge in [0, 0.05) is 6.42 Å². The van der Waals surface area contributed by atoms with Crippen molar-refractivity contribution in [1.82, 2.24) is 0 Å². The summed E-state index contributed by atoms with van der Waals surface area (Å²) in [5.41, 5.74) is 2.20. The fourth-order valence-corrected chi connectivity index (χ4v) is 1.36. The molecule has 0 atom stereocenters. The Labute approximate surface area is 84.9 Å². The Hall–Kier alpha value is -1.31. The number of ketones is 1. The number of benzene rings is 1. The Balaban J connectivity index is 2.90. The fraction of sp³-hybridized carbons (Fsp3) is 0.417. The van der Waals surface area contributed by atoms with Crippen LogP contribution in [0.4, 0.5) is 0 Å². The third-order valence-corrected chi connectivity index (χ3v) is 2.07. The van der Waals surface area contributed by atoms with Crippen molar-refractivity contribution in [2.24, 2.45) is 0 Å². The average Bonchev–Trinajstić information content (AvgIpc) is 2.10. The Morgan fingerprint density at radius 1 is 1.43 bits per heavy atom. The second-order valence-electron chi connectivity index (χ2n) is 3.40. The van der Waals surface area contributed by atoms with E-state index in [0.717, 1.165) is 16.9 Å². The zero-order chi connectivity index (χ0) is 10.6. The molecule has 0 amide bonds. The normalized spacial score (nSPS) is 9.93. The molecule has 0 saturated heterocycles.